The maximum Gasteiger partial charge on any atom is 0.303 e. The van der Waals surface area contributed by atoms with Crippen LogP contribution in [0.5, 0.6) is 0 Å². The summed E-state index contributed by atoms with van der Waals surface area (Å²) in [6.45, 7) is 1.45. The number of esters is 1. The molecule has 0 amide bonds. The van der Waals surface area contributed by atoms with Gasteiger partial charge in [-0.05, 0) is 30.0 Å². The van der Waals surface area contributed by atoms with Crippen molar-refractivity contribution in [1.29, 1.82) is 0 Å². The lowest BCUT2D eigenvalue weighted by Crippen LogP contribution is -2.14. The Labute approximate surface area is 126 Å². The fraction of sp³-hybridized carbons (Fsp3) is 0.211. The molecule has 0 aliphatic carbocycles. The van der Waals surface area contributed by atoms with E-state index in [0.717, 1.165) is 18.4 Å². The molecular formula is C19H20O2. The van der Waals surface area contributed by atoms with Crippen molar-refractivity contribution in [3.05, 3.63) is 77.9 Å². The highest BCUT2D eigenvalue weighted by molar-refractivity contribution is 5.66. The van der Waals surface area contributed by atoms with Crippen molar-refractivity contribution in [2.75, 3.05) is 0 Å². The van der Waals surface area contributed by atoms with E-state index in [0.29, 0.717) is 0 Å². The van der Waals surface area contributed by atoms with Gasteiger partial charge in [0.25, 0.3) is 0 Å². The fourth-order valence-electron chi connectivity index (χ4n) is 2.14. The van der Waals surface area contributed by atoms with Crippen molar-refractivity contribution in [2.24, 2.45) is 0 Å². The summed E-state index contributed by atoms with van der Waals surface area (Å²) in [6.07, 6.45) is 5.44. The van der Waals surface area contributed by atoms with Crippen molar-refractivity contribution in [1.82, 2.24) is 0 Å². The number of hydrogen-bond acceptors (Lipinski definition) is 2. The predicted octanol–water partition coefficient (Wildman–Crippen LogP) is 4.26. The van der Waals surface area contributed by atoms with Gasteiger partial charge in [-0.15, -0.1) is 0 Å². The molecule has 0 fully saturated rings. The van der Waals surface area contributed by atoms with E-state index in [1.54, 1.807) is 0 Å². The van der Waals surface area contributed by atoms with Crippen molar-refractivity contribution in [2.45, 2.75) is 25.9 Å². The van der Waals surface area contributed by atoms with E-state index in [9.17, 15) is 4.79 Å². The highest BCUT2D eigenvalue weighted by Gasteiger charge is 2.08. The predicted molar refractivity (Wildman–Crippen MR) is 85.8 cm³/mol. The summed E-state index contributed by atoms with van der Waals surface area (Å²) in [6, 6.07) is 20.2. The summed E-state index contributed by atoms with van der Waals surface area (Å²) < 4.78 is 5.37. The molecule has 0 aliphatic rings. The topological polar surface area (TPSA) is 26.3 Å². The molecule has 0 radical (unpaired) electrons. The third kappa shape index (κ3) is 5.65. The number of aryl methyl sites for hydroxylation is 1. The van der Waals surface area contributed by atoms with Crippen LogP contribution in [-0.4, -0.2) is 12.1 Å². The van der Waals surface area contributed by atoms with Crippen LogP contribution in [0.4, 0.5) is 0 Å². The molecule has 0 aromatic heterocycles. The van der Waals surface area contributed by atoms with Gasteiger partial charge in [0.15, 0.2) is 0 Å². The lowest BCUT2D eigenvalue weighted by Gasteiger charge is -2.13. The maximum absolute atomic E-state index is 11.2. The van der Waals surface area contributed by atoms with E-state index in [4.69, 9.17) is 4.74 Å². The Morgan fingerprint density at radius 3 is 2.29 bits per heavy atom. The van der Waals surface area contributed by atoms with Gasteiger partial charge in [0, 0.05) is 6.92 Å². The zero-order valence-corrected chi connectivity index (χ0v) is 12.2. The average Bonchev–Trinajstić information content (AvgIpc) is 2.51. The number of ether oxygens (including phenoxy) is 1. The molecule has 1 unspecified atom stereocenters. The molecule has 0 saturated heterocycles. The molecule has 2 nitrogen and oxygen atoms in total. The molecule has 0 N–H and O–H groups in total. The second-order valence-corrected chi connectivity index (χ2v) is 4.94. The molecule has 2 heteroatoms. The van der Waals surface area contributed by atoms with Crippen LogP contribution in [0, 0.1) is 0 Å². The fourth-order valence-corrected chi connectivity index (χ4v) is 2.14. The molecule has 2 aromatic carbocycles. The maximum atomic E-state index is 11.2. The first kappa shape index (κ1) is 15.0. The molecule has 0 heterocycles. The normalized spacial score (nSPS) is 12.2. The molecule has 0 aliphatic heterocycles. The van der Waals surface area contributed by atoms with E-state index >= 15 is 0 Å². The number of benzene rings is 2. The summed E-state index contributed by atoms with van der Waals surface area (Å²) in [4.78, 5) is 11.2. The van der Waals surface area contributed by atoms with Crippen molar-refractivity contribution < 1.29 is 9.53 Å². The van der Waals surface area contributed by atoms with Crippen LogP contribution in [-0.2, 0) is 16.0 Å². The van der Waals surface area contributed by atoms with Crippen LogP contribution < -0.4 is 0 Å². The summed E-state index contributed by atoms with van der Waals surface area (Å²) in [7, 11) is 0. The molecule has 0 spiro atoms. The van der Waals surface area contributed by atoms with Crippen LogP contribution in [0.1, 0.15) is 24.5 Å². The molecular weight excluding hydrogens is 260 g/mol. The molecule has 21 heavy (non-hydrogen) atoms. The van der Waals surface area contributed by atoms with Gasteiger partial charge in [0.2, 0.25) is 0 Å². The standard InChI is InChI=1S/C19H20O2/c1-16(20)21-19(14-12-17-8-4-2-5-9-17)15-13-18-10-6-3-7-11-18/h2-12,14,19H,13,15H2,1H3/b14-12+. The molecule has 2 rings (SSSR count). The van der Waals surface area contributed by atoms with E-state index in [-0.39, 0.29) is 12.1 Å². The van der Waals surface area contributed by atoms with Gasteiger partial charge in [-0.2, -0.15) is 0 Å². The van der Waals surface area contributed by atoms with Crippen LogP contribution in [0.2, 0.25) is 0 Å². The number of hydrogen-bond donors (Lipinski definition) is 0. The molecule has 2 aromatic rings. The molecule has 108 valence electrons. The number of carbonyl (C=O) groups is 1. The van der Waals surface area contributed by atoms with Crippen LogP contribution >= 0.6 is 0 Å². The molecule has 0 saturated carbocycles. The van der Waals surface area contributed by atoms with E-state index in [1.807, 2.05) is 60.7 Å². The Morgan fingerprint density at radius 1 is 1.05 bits per heavy atom. The summed E-state index contributed by atoms with van der Waals surface area (Å²) in [5, 5.41) is 0. The lowest BCUT2D eigenvalue weighted by molar-refractivity contribution is -0.144. The molecule has 0 bridgehead atoms. The highest BCUT2D eigenvalue weighted by Crippen LogP contribution is 2.11. The van der Waals surface area contributed by atoms with Crippen LogP contribution in [0.3, 0.4) is 0 Å². The monoisotopic (exact) mass is 280 g/mol. The second kappa shape index (κ2) is 8.05. The first-order valence-corrected chi connectivity index (χ1v) is 7.18. The molecule has 1 atom stereocenters. The lowest BCUT2D eigenvalue weighted by atomic mass is 10.1. The minimum atomic E-state index is -0.245. The summed E-state index contributed by atoms with van der Waals surface area (Å²) >= 11 is 0. The van der Waals surface area contributed by atoms with Crippen LogP contribution in [0.25, 0.3) is 6.08 Å². The Balaban J connectivity index is 1.97. The van der Waals surface area contributed by atoms with Gasteiger partial charge in [0.1, 0.15) is 6.10 Å². The third-order valence-electron chi connectivity index (χ3n) is 3.18. The van der Waals surface area contributed by atoms with E-state index < -0.39 is 0 Å². The van der Waals surface area contributed by atoms with Gasteiger partial charge >= 0.3 is 5.97 Å². The van der Waals surface area contributed by atoms with Gasteiger partial charge in [-0.25, -0.2) is 0 Å². The largest absolute Gasteiger partial charge is 0.458 e. The second-order valence-electron chi connectivity index (χ2n) is 4.94. The zero-order valence-electron chi connectivity index (χ0n) is 12.2. The number of rotatable bonds is 6. The van der Waals surface area contributed by atoms with Crippen molar-refractivity contribution >= 4 is 12.0 Å². The minimum absolute atomic E-state index is 0.192. The van der Waals surface area contributed by atoms with E-state index in [2.05, 4.69) is 12.1 Å². The Hall–Kier alpha value is -2.35. The highest BCUT2D eigenvalue weighted by atomic mass is 16.5. The number of carbonyl (C=O) groups excluding carboxylic acids is 1. The van der Waals surface area contributed by atoms with Crippen LogP contribution in [0.15, 0.2) is 66.7 Å². The minimum Gasteiger partial charge on any atom is -0.458 e. The summed E-state index contributed by atoms with van der Waals surface area (Å²) in [5.41, 5.74) is 2.36. The van der Waals surface area contributed by atoms with Gasteiger partial charge in [-0.3, -0.25) is 4.79 Å². The SMILES string of the molecule is CC(=O)OC(/C=C/c1ccccc1)CCc1ccccc1. The average molecular weight is 280 g/mol. The van der Waals surface area contributed by atoms with Gasteiger partial charge < -0.3 is 4.74 Å². The zero-order chi connectivity index (χ0) is 14.9. The Bertz CT molecular complexity index is 573. The Kier molecular flexibility index (Phi) is 5.77. The first-order valence-electron chi connectivity index (χ1n) is 7.18. The van der Waals surface area contributed by atoms with E-state index in [1.165, 1.54) is 12.5 Å². The quantitative estimate of drug-likeness (QED) is 0.739. The van der Waals surface area contributed by atoms with Crippen molar-refractivity contribution in [3.8, 4) is 0 Å². The summed E-state index contributed by atoms with van der Waals surface area (Å²) in [5.74, 6) is -0.245. The third-order valence-corrected chi connectivity index (χ3v) is 3.18. The first-order chi connectivity index (χ1) is 10.2. The Morgan fingerprint density at radius 2 is 1.67 bits per heavy atom. The van der Waals surface area contributed by atoms with Crippen molar-refractivity contribution in [3.63, 3.8) is 0 Å². The van der Waals surface area contributed by atoms with Gasteiger partial charge in [-0.1, -0.05) is 66.7 Å². The smallest absolute Gasteiger partial charge is 0.303 e. The van der Waals surface area contributed by atoms with Gasteiger partial charge in [0.05, 0.1) is 0 Å².